The third-order valence-electron chi connectivity index (χ3n) is 4.36. The van der Waals surface area contributed by atoms with E-state index < -0.39 is 60.1 Å². The van der Waals surface area contributed by atoms with Gasteiger partial charge in [0, 0.05) is 13.0 Å². The summed E-state index contributed by atoms with van der Waals surface area (Å²) in [4.78, 5) is 71.4. The number of hydrogen-bond donors (Lipinski definition) is 6. The zero-order valence-electron chi connectivity index (χ0n) is 15.8. The quantitative estimate of drug-likeness (QED) is 0.195. The van der Waals surface area contributed by atoms with Crippen LogP contribution in [0.15, 0.2) is 0 Å². The van der Waals surface area contributed by atoms with Crippen molar-refractivity contribution in [2.24, 2.45) is 17.2 Å². The van der Waals surface area contributed by atoms with Crippen LogP contribution in [0, 0.1) is 0 Å². The Morgan fingerprint density at radius 2 is 1.69 bits per heavy atom. The molecular formula is C16H26N6O7. The molecule has 5 amide bonds. The van der Waals surface area contributed by atoms with Gasteiger partial charge in [0.25, 0.3) is 0 Å². The van der Waals surface area contributed by atoms with Crippen LogP contribution in [-0.2, 0) is 28.8 Å². The summed E-state index contributed by atoms with van der Waals surface area (Å²) in [7, 11) is 0. The SMILES string of the molecule is NCC(=O)NC(CCC(N)=O)C(=O)N1CCCC1C(=O)NC(CC(N)=O)C(=O)O. The number of nitrogens with two attached hydrogens (primary N) is 3. The van der Waals surface area contributed by atoms with Crippen LogP contribution in [0.1, 0.15) is 32.1 Å². The predicted molar refractivity (Wildman–Crippen MR) is 97.5 cm³/mol. The molecule has 0 radical (unpaired) electrons. The standard InChI is InChI=1S/C16H26N6O7/c17-7-13(25)20-8(3-4-11(18)23)15(27)22-5-1-2-10(22)14(26)21-9(16(28)29)6-12(19)24/h8-10H,1-7,17H2,(H2,18,23)(H2,19,24)(H,20,25)(H,21,26)(H,28,29). The van der Waals surface area contributed by atoms with E-state index in [0.29, 0.717) is 6.42 Å². The molecule has 1 rings (SSSR count). The maximum absolute atomic E-state index is 12.9. The van der Waals surface area contributed by atoms with Crippen LogP contribution in [-0.4, -0.2) is 76.7 Å². The lowest BCUT2D eigenvalue weighted by molar-refractivity contribution is -0.145. The summed E-state index contributed by atoms with van der Waals surface area (Å²) in [6.07, 6.45) is -0.135. The molecule has 1 aliphatic rings. The Bertz CT molecular complexity index is 683. The lowest BCUT2D eigenvalue weighted by Crippen LogP contribution is -2.56. The maximum atomic E-state index is 12.9. The Morgan fingerprint density at radius 3 is 2.21 bits per heavy atom. The minimum Gasteiger partial charge on any atom is -0.480 e. The zero-order chi connectivity index (χ0) is 22.1. The van der Waals surface area contributed by atoms with Crippen LogP contribution in [0.5, 0.6) is 0 Å². The molecule has 13 nitrogen and oxygen atoms in total. The zero-order valence-corrected chi connectivity index (χ0v) is 15.8. The number of nitrogens with one attached hydrogen (secondary N) is 2. The van der Waals surface area contributed by atoms with Crippen molar-refractivity contribution in [2.75, 3.05) is 13.1 Å². The first kappa shape index (κ1) is 23.8. The fourth-order valence-electron chi connectivity index (χ4n) is 2.97. The van der Waals surface area contributed by atoms with Gasteiger partial charge in [0.1, 0.15) is 18.1 Å². The Hall–Kier alpha value is -3.22. The molecular weight excluding hydrogens is 388 g/mol. The molecule has 9 N–H and O–H groups in total. The van der Waals surface area contributed by atoms with Crippen molar-refractivity contribution >= 4 is 35.5 Å². The third-order valence-corrected chi connectivity index (χ3v) is 4.36. The van der Waals surface area contributed by atoms with Crippen LogP contribution in [0.3, 0.4) is 0 Å². The molecule has 1 saturated heterocycles. The van der Waals surface area contributed by atoms with E-state index in [0.717, 1.165) is 0 Å². The Balaban J connectivity index is 2.92. The number of nitrogens with zero attached hydrogens (tertiary/aromatic N) is 1. The van der Waals surface area contributed by atoms with E-state index in [9.17, 15) is 28.8 Å². The first-order valence-electron chi connectivity index (χ1n) is 8.96. The lowest BCUT2D eigenvalue weighted by atomic mass is 10.1. The number of carbonyl (C=O) groups excluding carboxylic acids is 5. The van der Waals surface area contributed by atoms with E-state index in [2.05, 4.69) is 10.6 Å². The van der Waals surface area contributed by atoms with Crippen LogP contribution < -0.4 is 27.8 Å². The van der Waals surface area contributed by atoms with Gasteiger partial charge in [-0.1, -0.05) is 0 Å². The molecule has 0 aliphatic carbocycles. The average molecular weight is 414 g/mol. The molecule has 3 unspecified atom stereocenters. The van der Waals surface area contributed by atoms with Gasteiger partial charge >= 0.3 is 5.97 Å². The van der Waals surface area contributed by atoms with Crippen LogP contribution in [0.4, 0.5) is 0 Å². The van der Waals surface area contributed by atoms with Gasteiger partial charge in [-0.05, 0) is 19.3 Å². The van der Waals surface area contributed by atoms with Gasteiger partial charge in [0.05, 0.1) is 13.0 Å². The van der Waals surface area contributed by atoms with Gasteiger partial charge in [0.2, 0.25) is 29.5 Å². The van der Waals surface area contributed by atoms with Crippen molar-refractivity contribution in [3.05, 3.63) is 0 Å². The molecule has 0 bridgehead atoms. The van der Waals surface area contributed by atoms with Crippen molar-refractivity contribution in [3.63, 3.8) is 0 Å². The second kappa shape index (κ2) is 10.9. The fraction of sp³-hybridized carbons (Fsp3) is 0.625. The molecule has 3 atom stereocenters. The monoisotopic (exact) mass is 414 g/mol. The molecule has 0 aromatic heterocycles. The first-order chi connectivity index (χ1) is 13.6. The van der Waals surface area contributed by atoms with Crippen molar-refractivity contribution in [1.82, 2.24) is 15.5 Å². The summed E-state index contributed by atoms with van der Waals surface area (Å²) >= 11 is 0. The molecule has 1 aliphatic heterocycles. The summed E-state index contributed by atoms with van der Waals surface area (Å²) in [5, 5.41) is 13.7. The molecule has 0 saturated carbocycles. The Labute approximate surface area is 166 Å². The first-order valence-corrected chi connectivity index (χ1v) is 8.96. The normalized spacial score (nSPS) is 17.8. The van der Waals surface area contributed by atoms with Gasteiger partial charge in [-0.3, -0.25) is 24.0 Å². The van der Waals surface area contributed by atoms with E-state index in [1.807, 2.05) is 0 Å². The minimum atomic E-state index is -1.53. The van der Waals surface area contributed by atoms with Gasteiger partial charge in [-0.2, -0.15) is 0 Å². The fourth-order valence-corrected chi connectivity index (χ4v) is 2.97. The highest BCUT2D eigenvalue weighted by molar-refractivity contribution is 5.95. The number of carboxylic acid groups (broad SMARTS) is 1. The van der Waals surface area contributed by atoms with Gasteiger partial charge in [0.15, 0.2) is 0 Å². The van der Waals surface area contributed by atoms with E-state index in [-0.39, 0.29) is 32.4 Å². The highest BCUT2D eigenvalue weighted by Crippen LogP contribution is 2.20. The highest BCUT2D eigenvalue weighted by atomic mass is 16.4. The molecule has 0 aromatic rings. The molecule has 0 spiro atoms. The number of primary amides is 2. The van der Waals surface area contributed by atoms with E-state index in [1.54, 1.807) is 0 Å². The van der Waals surface area contributed by atoms with Crippen LogP contribution in [0.25, 0.3) is 0 Å². The van der Waals surface area contributed by atoms with Crippen LogP contribution >= 0.6 is 0 Å². The summed E-state index contributed by atoms with van der Waals surface area (Å²) in [5.74, 6) is -5.02. The smallest absolute Gasteiger partial charge is 0.326 e. The molecule has 13 heteroatoms. The van der Waals surface area contributed by atoms with E-state index in [1.165, 1.54) is 4.90 Å². The minimum absolute atomic E-state index is 0.0792. The largest absolute Gasteiger partial charge is 0.480 e. The van der Waals surface area contributed by atoms with Crippen molar-refractivity contribution in [1.29, 1.82) is 0 Å². The summed E-state index contributed by atoms with van der Waals surface area (Å²) in [6, 6.07) is -3.64. The second-order valence-electron chi connectivity index (χ2n) is 6.59. The highest BCUT2D eigenvalue weighted by Gasteiger charge is 2.38. The number of rotatable bonds is 11. The summed E-state index contributed by atoms with van der Waals surface area (Å²) < 4.78 is 0. The topological polar surface area (TPSA) is 228 Å². The molecule has 1 fully saturated rings. The molecule has 162 valence electrons. The van der Waals surface area contributed by atoms with Gasteiger partial charge in [-0.15, -0.1) is 0 Å². The number of amides is 5. The molecule has 1 heterocycles. The number of hydrogen-bond acceptors (Lipinski definition) is 7. The number of carbonyl (C=O) groups is 6. The lowest BCUT2D eigenvalue weighted by Gasteiger charge is -2.29. The van der Waals surface area contributed by atoms with Crippen molar-refractivity contribution in [3.8, 4) is 0 Å². The van der Waals surface area contributed by atoms with Crippen LogP contribution in [0.2, 0.25) is 0 Å². The van der Waals surface area contributed by atoms with Crippen molar-refractivity contribution in [2.45, 2.75) is 50.2 Å². The molecule has 0 aromatic carbocycles. The average Bonchev–Trinajstić information content (AvgIpc) is 3.12. The van der Waals surface area contributed by atoms with Gasteiger partial charge < -0.3 is 37.8 Å². The molecule has 29 heavy (non-hydrogen) atoms. The Morgan fingerprint density at radius 1 is 1.03 bits per heavy atom. The number of likely N-dealkylation sites (tertiary alicyclic amines) is 1. The summed E-state index contributed by atoms with van der Waals surface area (Å²) in [5.41, 5.74) is 15.3. The van der Waals surface area contributed by atoms with E-state index in [4.69, 9.17) is 22.3 Å². The number of carboxylic acids is 1. The number of aliphatic carboxylic acids is 1. The predicted octanol–water partition coefficient (Wildman–Crippen LogP) is -3.87. The summed E-state index contributed by atoms with van der Waals surface area (Å²) in [6.45, 7) is -0.187. The van der Waals surface area contributed by atoms with Crippen molar-refractivity contribution < 1.29 is 33.9 Å². The second-order valence-corrected chi connectivity index (χ2v) is 6.59. The van der Waals surface area contributed by atoms with E-state index >= 15 is 0 Å². The maximum Gasteiger partial charge on any atom is 0.326 e. The third kappa shape index (κ3) is 7.37. The Kier molecular flexibility index (Phi) is 8.99. The van der Waals surface area contributed by atoms with Gasteiger partial charge in [-0.25, -0.2) is 4.79 Å².